The topological polar surface area (TPSA) is 72.7 Å². The molecular weight excluding hydrogens is 326 g/mol. The maximum atomic E-state index is 12.2. The molecule has 6 nitrogen and oxygen atoms in total. The van der Waals surface area contributed by atoms with Crippen molar-refractivity contribution in [3.63, 3.8) is 0 Å². The number of aromatic nitrogens is 4. The van der Waals surface area contributed by atoms with Gasteiger partial charge in [-0.15, -0.1) is 0 Å². The van der Waals surface area contributed by atoms with Gasteiger partial charge >= 0.3 is 0 Å². The van der Waals surface area contributed by atoms with Crippen molar-refractivity contribution in [1.29, 1.82) is 0 Å². The van der Waals surface area contributed by atoms with Crippen molar-refractivity contribution < 1.29 is 4.79 Å². The van der Waals surface area contributed by atoms with Gasteiger partial charge in [-0.25, -0.2) is 9.97 Å². The van der Waals surface area contributed by atoms with E-state index in [-0.39, 0.29) is 5.91 Å². The summed E-state index contributed by atoms with van der Waals surface area (Å²) < 4.78 is 2.06. The van der Waals surface area contributed by atoms with Crippen LogP contribution in [0.1, 0.15) is 63.8 Å². The van der Waals surface area contributed by atoms with Crippen LogP contribution in [0.4, 0.5) is 0 Å². The molecule has 2 aromatic heterocycles. The van der Waals surface area contributed by atoms with E-state index < -0.39 is 0 Å². The Kier molecular flexibility index (Phi) is 5.27. The summed E-state index contributed by atoms with van der Waals surface area (Å²) >= 11 is 0. The minimum Gasteiger partial charge on any atom is -0.353 e. The Balaban J connectivity index is 1.27. The van der Waals surface area contributed by atoms with Crippen molar-refractivity contribution in [3.05, 3.63) is 31.0 Å². The van der Waals surface area contributed by atoms with Crippen LogP contribution in [0, 0.1) is 5.92 Å². The summed E-state index contributed by atoms with van der Waals surface area (Å²) in [5.41, 5.74) is 1.93. The van der Waals surface area contributed by atoms with Gasteiger partial charge in [-0.05, 0) is 50.5 Å². The molecule has 2 saturated carbocycles. The molecule has 1 N–H and O–H groups in total. The monoisotopic (exact) mass is 353 g/mol. The van der Waals surface area contributed by atoms with E-state index >= 15 is 0 Å². The number of hydrogen-bond acceptors (Lipinski definition) is 4. The average molecular weight is 353 g/mol. The fourth-order valence-electron chi connectivity index (χ4n) is 4.38. The smallest absolute Gasteiger partial charge is 0.220 e. The van der Waals surface area contributed by atoms with Gasteiger partial charge in [0.15, 0.2) is 0 Å². The zero-order valence-electron chi connectivity index (χ0n) is 15.2. The van der Waals surface area contributed by atoms with E-state index in [4.69, 9.17) is 0 Å². The van der Waals surface area contributed by atoms with Gasteiger partial charge in [0, 0.05) is 30.4 Å². The molecule has 0 aromatic carbocycles. The maximum Gasteiger partial charge on any atom is 0.220 e. The Hall–Kier alpha value is -2.24. The van der Waals surface area contributed by atoms with Crippen LogP contribution in [0.2, 0.25) is 0 Å². The van der Waals surface area contributed by atoms with Crippen LogP contribution in [0.5, 0.6) is 0 Å². The molecule has 2 fully saturated rings. The minimum atomic E-state index is 0.255. The van der Waals surface area contributed by atoms with Crippen molar-refractivity contribution >= 4 is 5.91 Å². The third-order valence-corrected chi connectivity index (χ3v) is 5.86. The highest BCUT2D eigenvalue weighted by Gasteiger charge is 2.25. The molecule has 0 saturated heterocycles. The SMILES string of the molecule is O=C(CC1CCCC1)NC1CCC(n2cc(-c3ccncn3)cn2)CC1. The average Bonchev–Trinajstić information content (AvgIpc) is 3.35. The van der Waals surface area contributed by atoms with E-state index in [0.717, 1.165) is 43.4 Å². The lowest BCUT2D eigenvalue weighted by atomic mass is 9.91. The van der Waals surface area contributed by atoms with Crippen LogP contribution < -0.4 is 5.32 Å². The molecule has 0 atom stereocenters. The molecule has 4 rings (SSSR count). The normalized spacial score (nSPS) is 23.8. The summed E-state index contributed by atoms with van der Waals surface area (Å²) in [4.78, 5) is 20.5. The molecule has 1 amide bonds. The molecule has 2 aliphatic carbocycles. The Labute approximate surface area is 154 Å². The largest absolute Gasteiger partial charge is 0.353 e. The predicted molar refractivity (Wildman–Crippen MR) is 99.3 cm³/mol. The van der Waals surface area contributed by atoms with Gasteiger partial charge in [0.2, 0.25) is 5.91 Å². The molecule has 0 unspecified atom stereocenters. The van der Waals surface area contributed by atoms with E-state index in [1.165, 1.54) is 25.7 Å². The van der Waals surface area contributed by atoms with Crippen molar-refractivity contribution in [2.24, 2.45) is 5.92 Å². The molecule has 2 heterocycles. The molecule has 0 bridgehead atoms. The first kappa shape index (κ1) is 17.2. The van der Waals surface area contributed by atoms with Gasteiger partial charge in [-0.3, -0.25) is 9.48 Å². The number of nitrogens with one attached hydrogen (secondary N) is 1. The lowest BCUT2D eigenvalue weighted by Gasteiger charge is -2.29. The Morgan fingerprint density at radius 1 is 1.15 bits per heavy atom. The first-order valence-electron chi connectivity index (χ1n) is 9.88. The number of carbonyl (C=O) groups is 1. The predicted octanol–water partition coefficient (Wildman–Crippen LogP) is 3.52. The lowest BCUT2D eigenvalue weighted by molar-refractivity contribution is -0.122. The van der Waals surface area contributed by atoms with Gasteiger partial charge in [-0.2, -0.15) is 5.10 Å². The van der Waals surface area contributed by atoms with E-state index in [1.807, 2.05) is 12.3 Å². The second-order valence-electron chi connectivity index (χ2n) is 7.73. The van der Waals surface area contributed by atoms with Crippen molar-refractivity contribution in [2.45, 2.75) is 69.9 Å². The van der Waals surface area contributed by atoms with E-state index in [0.29, 0.717) is 18.0 Å². The highest BCUT2D eigenvalue weighted by atomic mass is 16.1. The van der Waals surface area contributed by atoms with Crippen molar-refractivity contribution in [2.75, 3.05) is 0 Å². The van der Waals surface area contributed by atoms with Crippen molar-refractivity contribution in [3.8, 4) is 11.3 Å². The molecule has 26 heavy (non-hydrogen) atoms. The second kappa shape index (κ2) is 7.98. The molecule has 138 valence electrons. The van der Waals surface area contributed by atoms with Gasteiger partial charge in [0.1, 0.15) is 6.33 Å². The third-order valence-electron chi connectivity index (χ3n) is 5.86. The van der Waals surface area contributed by atoms with Crippen LogP contribution >= 0.6 is 0 Å². The van der Waals surface area contributed by atoms with Gasteiger partial charge in [-0.1, -0.05) is 12.8 Å². The summed E-state index contributed by atoms with van der Waals surface area (Å²) in [6.07, 6.45) is 17.2. The summed E-state index contributed by atoms with van der Waals surface area (Å²) in [6, 6.07) is 2.64. The fraction of sp³-hybridized carbons (Fsp3) is 0.600. The summed E-state index contributed by atoms with van der Waals surface area (Å²) in [7, 11) is 0. The number of carbonyl (C=O) groups excluding carboxylic acids is 1. The second-order valence-corrected chi connectivity index (χ2v) is 7.73. The van der Waals surface area contributed by atoms with Crippen LogP contribution in [-0.4, -0.2) is 31.7 Å². The molecular formula is C20H27N5O. The molecule has 2 aromatic rings. The van der Waals surface area contributed by atoms with Gasteiger partial charge in [0.05, 0.1) is 17.9 Å². The first-order valence-corrected chi connectivity index (χ1v) is 9.88. The maximum absolute atomic E-state index is 12.2. The summed E-state index contributed by atoms with van der Waals surface area (Å²) in [5, 5.41) is 7.80. The van der Waals surface area contributed by atoms with Gasteiger partial charge < -0.3 is 5.32 Å². The summed E-state index contributed by atoms with van der Waals surface area (Å²) in [5.74, 6) is 0.876. The van der Waals surface area contributed by atoms with Crippen LogP contribution in [0.25, 0.3) is 11.3 Å². The molecule has 2 aliphatic rings. The number of rotatable bonds is 5. The number of hydrogen-bond donors (Lipinski definition) is 1. The zero-order chi connectivity index (χ0) is 17.8. The van der Waals surface area contributed by atoms with Crippen LogP contribution in [-0.2, 0) is 4.79 Å². The Bertz CT molecular complexity index is 715. The molecule has 0 radical (unpaired) electrons. The Morgan fingerprint density at radius 3 is 2.69 bits per heavy atom. The number of amides is 1. The highest BCUT2D eigenvalue weighted by Crippen LogP contribution is 2.30. The first-order chi connectivity index (χ1) is 12.8. The Morgan fingerprint density at radius 2 is 1.96 bits per heavy atom. The standard InChI is InChI=1S/C20H27N5O/c26-20(11-15-3-1-2-4-15)24-17-5-7-18(8-6-17)25-13-16(12-23-25)19-9-10-21-14-22-19/h9-10,12-15,17-18H,1-8,11H2,(H,24,26). The molecule has 0 aliphatic heterocycles. The van der Waals surface area contributed by atoms with E-state index in [1.54, 1.807) is 12.5 Å². The van der Waals surface area contributed by atoms with E-state index in [2.05, 4.69) is 31.3 Å². The minimum absolute atomic E-state index is 0.255. The molecule has 6 heteroatoms. The number of nitrogens with zero attached hydrogens (tertiary/aromatic N) is 4. The van der Waals surface area contributed by atoms with Gasteiger partial charge in [0.25, 0.3) is 0 Å². The van der Waals surface area contributed by atoms with Crippen molar-refractivity contribution in [1.82, 2.24) is 25.1 Å². The third kappa shape index (κ3) is 4.11. The lowest BCUT2D eigenvalue weighted by Crippen LogP contribution is -2.38. The summed E-state index contributed by atoms with van der Waals surface area (Å²) in [6.45, 7) is 0. The van der Waals surface area contributed by atoms with Crippen LogP contribution in [0.3, 0.4) is 0 Å². The quantitative estimate of drug-likeness (QED) is 0.892. The highest BCUT2D eigenvalue weighted by molar-refractivity contribution is 5.76. The fourth-order valence-corrected chi connectivity index (χ4v) is 4.38. The zero-order valence-corrected chi connectivity index (χ0v) is 15.2. The van der Waals surface area contributed by atoms with Crippen LogP contribution in [0.15, 0.2) is 31.0 Å². The van der Waals surface area contributed by atoms with E-state index in [9.17, 15) is 4.79 Å². The molecule has 0 spiro atoms.